The molecule has 0 spiro atoms. The molecule has 0 radical (unpaired) electrons. The van der Waals surface area contributed by atoms with E-state index in [4.69, 9.17) is 0 Å². The van der Waals surface area contributed by atoms with Gasteiger partial charge in [-0.25, -0.2) is 4.98 Å². The molecule has 0 aliphatic rings. The molecule has 1 nitrogen and oxygen atoms in total. The molecular weight excluding hydrogens is 190 g/mol. The van der Waals surface area contributed by atoms with Crippen molar-refractivity contribution in [1.29, 1.82) is 0 Å². The lowest BCUT2D eigenvalue weighted by molar-refractivity contribution is 0.804. The molecule has 0 aliphatic carbocycles. The Morgan fingerprint density at radius 2 is 1.93 bits per heavy atom. The first kappa shape index (κ1) is 9.41. The van der Waals surface area contributed by atoms with Crippen LogP contribution in [-0.2, 0) is 12.8 Å². The molecule has 0 saturated heterocycles. The van der Waals surface area contributed by atoms with Crippen molar-refractivity contribution in [1.82, 2.24) is 4.98 Å². The summed E-state index contributed by atoms with van der Waals surface area (Å²) in [4.78, 5) is 4.27. The van der Waals surface area contributed by atoms with Crippen LogP contribution in [0.3, 0.4) is 0 Å². The van der Waals surface area contributed by atoms with E-state index in [1.54, 1.807) is 11.3 Å². The van der Waals surface area contributed by atoms with Gasteiger partial charge in [-0.2, -0.15) is 0 Å². The molecular formula is C12H13NS. The lowest BCUT2D eigenvalue weighted by Gasteiger charge is -1.98. The molecule has 14 heavy (non-hydrogen) atoms. The Labute approximate surface area is 88.4 Å². The molecule has 0 aliphatic heterocycles. The Hall–Kier alpha value is -1.15. The predicted molar refractivity (Wildman–Crippen MR) is 60.6 cm³/mol. The topological polar surface area (TPSA) is 12.9 Å². The van der Waals surface area contributed by atoms with Gasteiger partial charge in [-0.15, -0.1) is 11.3 Å². The number of benzene rings is 1. The molecule has 0 saturated carbocycles. The number of thiazole rings is 1. The summed E-state index contributed by atoms with van der Waals surface area (Å²) in [5.41, 5.74) is 4.55. The molecule has 0 N–H and O–H groups in total. The van der Waals surface area contributed by atoms with Crippen molar-refractivity contribution < 1.29 is 0 Å². The van der Waals surface area contributed by atoms with E-state index in [0.29, 0.717) is 0 Å². The average Bonchev–Trinajstić information content (AvgIpc) is 2.72. The normalized spacial score (nSPS) is 10.3. The number of hydrogen-bond donors (Lipinski definition) is 0. The van der Waals surface area contributed by atoms with E-state index in [1.165, 1.54) is 17.7 Å². The van der Waals surface area contributed by atoms with Crippen LogP contribution < -0.4 is 0 Å². The Morgan fingerprint density at radius 3 is 2.64 bits per heavy atom. The zero-order valence-electron chi connectivity index (χ0n) is 8.02. The van der Waals surface area contributed by atoms with Crippen molar-refractivity contribution in [3.05, 3.63) is 52.5 Å². The van der Waals surface area contributed by atoms with Crippen LogP contribution in [0.25, 0.3) is 0 Å². The second-order valence-corrected chi connectivity index (χ2v) is 4.04. The fourth-order valence-electron chi connectivity index (χ4n) is 1.48. The van der Waals surface area contributed by atoms with Gasteiger partial charge < -0.3 is 0 Å². The highest BCUT2D eigenvalue weighted by Gasteiger charge is 1.95. The summed E-state index contributed by atoms with van der Waals surface area (Å²) in [5.74, 6) is 0. The van der Waals surface area contributed by atoms with Crippen LogP contribution in [-0.4, -0.2) is 4.98 Å². The van der Waals surface area contributed by atoms with Crippen LogP contribution in [0.4, 0.5) is 0 Å². The third-order valence-electron chi connectivity index (χ3n) is 2.22. The molecule has 1 heterocycles. The Morgan fingerprint density at radius 1 is 1.07 bits per heavy atom. The lowest BCUT2D eigenvalue weighted by atomic mass is 10.1. The molecule has 0 bridgehead atoms. The van der Waals surface area contributed by atoms with E-state index in [-0.39, 0.29) is 0 Å². The van der Waals surface area contributed by atoms with Crippen LogP contribution in [0, 0.1) is 0 Å². The molecule has 2 aromatic rings. The summed E-state index contributed by atoms with van der Waals surface area (Å²) < 4.78 is 0. The van der Waals surface area contributed by atoms with Gasteiger partial charge in [-0.1, -0.05) is 30.3 Å². The summed E-state index contributed by atoms with van der Waals surface area (Å²) in [6, 6.07) is 10.6. The van der Waals surface area contributed by atoms with Crippen LogP contribution in [0.1, 0.15) is 17.7 Å². The van der Waals surface area contributed by atoms with E-state index in [9.17, 15) is 0 Å². The summed E-state index contributed by atoms with van der Waals surface area (Å²) in [6.45, 7) is 0. The molecule has 72 valence electrons. The van der Waals surface area contributed by atoms with Crippen molar-refractivity contribution in [2.45, 2.75) is 19.3 Å². The summed E-state index contributed by atoms with van der Waals surface area (Å²) >= 11 is 1.67. The van der Waals surface area contributed by atoms with Crippen molar-refractivity contribution in [2.24, 2.45) is 0 Å². The molecule has 1 aromatic heterocycles. The van der Waals surface area contributed by atoms with Gasteiger partial charge in [-0.05, 0) is 24.8 Å². The first-order chi connectivity index (χ1) is 6.95. The predicted octanol–water partition coefficient (Wildman–Crippen LogP) is 3.32. The third-order valence-corrected chi connectivity index (χ3v) is 2.86. The Kier molecular flexibility index (Phi) is 3.30. The number of aromatic nitrogens is 1. The van der Waals surface area contributed by atoms with Gasteiger partial charge in [0.15, 0.2) is 0 Å². The molecule has 0 atom stereocenters. The average molecular weight is 203 g/mol. The molecule has 0 unspecified atom stereocenters. The fraction of sp³-hybridized carbons (Fsp3) is 0.250. The second-order valence-electron chi connectivity index (χ2n) is 3.32. The second kappa shape index (κ2) is 4.91. The first-order valence-electron chi connectivity index (χ1n) is 4.86. The maximum Gasteiger partial charge on any atom is 0.0794 e. The molecule has 1 aromatic carbocycles. The maximum atomic E-state index is 4.27. The maximum absolute atomic E-state index is 4.27. The summed E-state index contributed by atoms with van der Waals surface area (Å²) in [7, 11) is 0. The van der Waals surface area contributed by atoms with Crippen LogP contribution in [0.15, 0.2) is 41.2 Å². The molecule has 2 rings (SSSR count). The SMILES string of the molecule is c1ccc(CCCc2cscn2)cc1. The smallest absolute Gasteiger partial charge is 0.0794 e. The van der Waals surface area contributed by atoms with E-state index in [0.717, 1.165) is 12.8 Å². The van der Waals surface area contributed by atoms with E-state index in [2.05, 4.69) is 40.7 Å². The van der Waals surface area contributed by atoms with Gasteiger partial charge in [0.05, 0.1) is 11.2 Å². The van der Waals surface area contributed by atoms with Crippen LogP contribution in [0.5, 0.6) is 0 Å². The minimum atomic E-state index is 1.10. The fourth-order valence-corrected chi connectivity index (χ4v) is 2.07. The van der Waals surface area contributed by atoms with Crippen molar-refractivity contribution in [2.75, 3.05) is 0 Å². The Balaban J connectivity index is 1.79. The van der Waals surface area contributed by atoms with E-state index < -0.39 is 0 Å². The van der Waals surface area contributed by atoms with Gasteiger partial charge in [-0.3, -0.25) is 0 Å². The molecule has 0 amide bonds. The highest BCUT2D eigenvalue weighted by atomic mass is 32.1. The Bertz CT molecular complexity index is 353. The quantitative estimate of drug-likeness (QED) is 0.743. The van der Waals surface area contributed by atoms with Gasteiger partial charge in [0, 0.05) is 5.38 Å². The third kappa shape index (κ3) is 2.67. The van der Waals surface area contributed by atoms with E-state index in [1.807, 2.05) is 5.51 Å². The van der Waals surface area contributed by atoms with Gasteiger partial charge >= 0.3 is 0 Å². The highest BCUT2D eigenvalue weighted by Crippen LogP contribution is 2.08. The van der Waals surface area contributed by atoms with Gasteiger partial charge in [0.2, 0.25) is 0 Å². The zero-order chi connectivity index (χ0) is 9.64. The zero-order valence-corrected chi connectivity index (χ0v) is 8.83. The lowest BCUT2D eigenvalue weighted by Crippen LogP contribution is -1.89. The number of aryl methyl sites for hydroxylation is 2. The van der Waals surface area contributed by atoms with Crippen LogP contribution in [0.2, 0.25) is 0 Å². The van der Waals surface area contributed by atoms with E-state index >= 15 is 0 Å². The molecule has 2 heteroatoms. The minimum Gasteiger partial charge on any atom is -0.250 e. The summed E-state index contributed by atoms with van der Waals surface area (Å²) in [5, 5.41) is 2.13. The van der Waals surface area contributed by atoms with Gasteiger partial charge in [0.25, 0.3) is 0 Å². The monoisotopic (exact) mass is 203 g/mol. The van der Waals surface area contributed by atoms with Crippen molar-refractivity contribution in [3.8, 4) is 0 Å². The number of hydrogen-bond acceptors (Lipinski definition) is 2. The molecule has 0 fully saturated rings. The number of rotatable bonds is 4. The van der Waals surface area contributed by atoms with Crippen LogP contribution >= 0.6 is 11.3 Å². The first-order valence-corrected chi connectivity index (χ1v) is 5.80. The number of nitrogens with zero attached hydrogens (tertiary/aromatic N) is 1. The minimum absolute atomic E-state index is 1.10. The van der Waals surface area contributed by atoms with Crippen molar-refractivity contribution >= 4 is 11.3 Å². The standard InChI is InChI=1S/C12H13NS/c1-2-5-11(6-3-1)7-4-8-12-9-14-10-13-12/h1-3,5-6,9-10H,4,7-8H2. The van der Waals surface area contributed by atoms with Crippen molar-refractivity contribution in [3.63, 3.8) is 0 Å². The van der Waals surface area contributed by atoms with Gasteiger partial charge in [0.1, 0.15) is 0 Å². The highest BCUT2D eigenvalue weighted by molar-refractivity contribution is 7.07. The largest absolute Gasteiger partial charge is 0.250 e. The summed E-state index contributed by atoms with van der Waals surface area (Å²) in [6.07, 6.45) is 3.44.